The van der Waals surface area contributed by atoms with Gasteiger partial charge in [-0.3, -0.25) is 0 Å². The summed E-state index contributed by atoms with van der Waals surface area (Å²) in [4.78, 5) is 12.7. The van der Waals surface area contributed by atoms with E-state index >= 15 is 0 Å². The zero-order valence-electron chi connectivity index (χ0n) is 24.5. The van der Waals surface area contributed by atoms with Crippen molar-refractivity contribution in [2.75, 3.05) is 0 Å². The number of carbonyl (C=O) groups is 1. The number of hydrogen-bond donors (Lipinski definition) is 0. The van der Waals surface area contributed by atoms with Crippen molar-refractivity contribution >= 4 is 5.97 Å². The van der Waals surface area contributed by atoms with Gasteiger partial charge in [0.25, 0.3) is 0 Å². The van der Waals surface area contributed by atoms with Gasteiger partial charge in [-0.2, -0.15) is 0 Å². The fraction of sp³-hybridized carbons (Fsp3) is 0.743. The molecule has 0 aromatic heterocycles. The molecule has 0 N–H and O–H groups in total. The Morgan fingerprint density at radius 3 is 2.43 bits per heavy atom. The summed E-state index contributed by atoms with van der Waals surface area (Å²) in [6.45, 7) is 15.1. The van der Waals surface area contributed by atoms with Gasteiger partial charge in [0.1, 0.15) is 6.10 Å². The first-order valence-electron chi connectivity index (χ1n) is 15.6. The van der Waals surface area contributed by atoms with Crippen molar-refractivity contribution in [2.24, 2.45) is 52.3 Å². The van der Waals surface area contributed by atoms with Gasteiger partial charge in [0.15, 0.2) is 0 Å². The first kappa shape index (κ1) is 27.0. The third-order valence-electron chi connectivity index (χ3n) is 12.3. The fourth-order valence-corrected chi connectivity index (χ4v) is 9.56. The quantitative estimate of drug-likeness (QED) is 0.273. The Balaban J connectivity index is 1.25. The van der Waals surface area contributed by atoms with Crippen molar-refractivity contribution in [1.82, 2.24) is 0 Å². The maximum Gasteiger partial charge on any atom is 0.338 e. The topological polar surface area (TPSA) is 26.3 Å². The van der Waals surface area contributed by atoms with Gasteiger partial charge in [-0.1, -0.05) is 84.2 Å². The highest BCUT2D eigenvalue weighted by atomic mass is 16.5. The first-order chi connectivity index (χ1) is 17.6. The van der Waals surface area contributed by atoms with Gasteiger partial charge in [0.05, 0.1) is 5.56 Å². The molecule has 0 spiro atoms. The minimum absolute atomic E-state index is 0.0300. The first-order valence-corrected chi connectivity index (χ1v) is 15.6. The van der Waals surface area contributed by atoms with Gasteiger partial charge in [-0.05, 0) is 109 Å². The summed E-state index contributed by atoms with van der Waals surface area (Å²) in [6, 6.07) is 9.49. The van der Waals surface area contributed by atoms with E-state index in [9.17, 15) is 4.79 Å². The standard InChI is InChI=1S/C35H52O2/c1-23(2)24(3)12-13-25(4)30-16-17-31-29-15-14-27-22-28(37-33(36)26-10-8-7-9-11-26)18-20-34(27,5)32(29)19-21-35(30,31)6/h7-11,14,23-25,28-32H,12-13,15-22H2,1-6H3/t24-,25+,28?,29?,30?,31?,32?,34?,35?/m0/s1. The van der Waals surface area contributed by atoms with Crippen molar-refractivity contribution in [2.45, 2.75) is 112 Å². The zero-order chi connectivity index (χ0) is 26.4. The van der Waals surface area contributed by atoms with Crippen molar-refractivity contribution in [3.63, 3.8) is 0 Å². The maximum atomic E-state index is 12.7. The van der Waals surface area contributed by atoms with E-state index in [0.717, 1.165) is 54.3 Å². The van der Waals surface area contributed by atoms with Crippen molar-refractivity contribution in [3.05, 3.63) is 47.5 Å². The number of fused-ring (bicyclic) bond motifs is 5. The highest BCUT2D eigenvalue weighted by Gasteiger charge is 2.59. The Morgan fingerprint density at radius 2 is 1.70 bits per heavy atom. The van der Waals surface area contributed by atoms with E-state index in [1.165, 1.54) is 51.4 Å². The molecular formula is C35H52O2. The van der Waals surface area contributed by atoms with Crippen LogP contribution in [0.1, 0.15) is 116 Å². The predicted octanol–water partition coefficient (Wildman–Crippen LogP) is 9.50. The monoisotopic (exact) mass is 504 g/mol. The van der Waals surface area contributed by atoms with Gasteiger partial charge < -0.3 is 4.74 Å². The molecule has 4 aliphatic rings. The molecule has 2 nitrogen and oxygen atoms in total. The second kappa shape index (κ2) is 10.5. The van der Waals surface area contributed by atoms with Crippen LogP contribution in [0.25, 0.3) is 0 Å². The van der Waals surface area contributed by atoms with Crippen molar-refractivity contribution in [3.8, 4) is 0 Å². The SMILES string of the molecule is CC(C)[C@@H](C)CC[C@@H](C)C1CCC2C3CC=C4CC(OC(=O)c5ccccc5)CCC4(C)C3CCC21C. The molecule has 0 radical (unpaired) electrons. The number of allylic oxidation sites excluding steroid dienone is 1. The van der Waals surface area contributed by atoms with E-state index < -0.39 is 0 Å². The number of hydrogen-bond acceptors (Lipinski definition) is 2. The zero-order valence-corrected chi connectivity index (χ0v) is 24.5. The van der Waals surface area contributed by atoms with E-state index in [0.29, 0.717) is 16.4 Å². The summed E-state index contributed by atoms with van der Waals surface area (Å²) in [5.41, 5.74) is 3.10. The van der Waals surface area contributed by atoms with Gasteiger partial charge in [0.2, 0.25) is 0 Å². The molecule has 0 heterocycles. The van der Waals surface area contributed by atoms with Gasteiger partial charge in [-0.15, -0.1) is 0 Å². The molecule has 0 saturated heterocycles. The van der Waals surface area contributed by atoms with Crippen molar-refractivity contribution in [1.29, 1.82) is 0 Å². The largest absolute Gasteiger partial charge is 0.458 e. The second-order valence-corrected chi connectivity index (χ2v) is 14.4. The molecule has 9 atom stereocenters. The lowest BCUT2D eigenvalue weighted by molar-refractivity contribution is -0.0596. The van der Waals surface area contributed by atoms with Gasteiger partial charge in [-0.25, -0.2) is 4.79 Å². The van der Waals surface area contributed by atoms with Crippen LogP contribution in [-0.4, -0.2) is 12.1 Å². The molecule has 37 heavy (non-hydrogen) atoms. The van der Waals surface area contributed by atoms with Crippen LogP contribution < -0.4 is 0 Å². The number of rotatable bonds is 7. The highest BCUT2D eigenvalue weighted by molar-refractivity contribution is 5.89. The second-order valence-electron chi connectivity index (χ2n) is 14.4. The number of ether oxygens (including phenoxy) is 1. The van der Waals surface area contributed by atoms with Crippen LogP contribution in [0, 0.1) is 52.3 Å². The van der Waals surface area contributed by atoms with Crippen LogP contribution in [0.2, 0.25) is 0 Å². The molecule has 204 valence electrons. The summed E-state index contributed by atoms with van der Waals surface area (Å²) in [5, 5.41) is 0. The van der Waals surface area contributed by atoms with Crippen molar-refractivity contribution < 1.29 is 9.53 Å². The fourth-order valence-electron chi connectivity index (χ4n) is 9.56. The highest BCUT2D eigenvalue weighted by Crippen LogP contribution is 2.67. The average Bonchev–Trinajstić information content (AvgIpc) is 3.25. The van der Waals surface area contributed by atoms with Crippen LogP contribution in [0.3, 0.4) is 0 Å². The maximum absolute atomic E-state index is 12.7. The molecule has 1 aromatic carbocycles. The Morgan fingerprint density at radius 1 is 0.946 bits per heavy atom. The van der Waals surface area contributed by atoms with E-state index in [-0.39, 0.29) is 12.1 Å². The summed E-state index contributed by atoms with van der Waals surface area (Å²) < 4.78 is 6.01. The van der Waals surface area contributed by atoms with E-state index in [1.807, 2.05) is 30.3 Å². The third kappa shape index (κ3) is 4.96. The molecule has 4 aliphatic carbocycles. The molecule has 3 fully saturated rings. The van der Waals surface area contributed by atoms with Crippen LogP contribution >= 0.6 is 0 Å². The predicted molar refractivity (Wildman–Crippen MR) is 153 cm³/mol. The Hall–Kier alpha value is -1.57. The van der Waals surface area contributed by atoms with E-state index in [4.69, 9.17) is 4.74 Å². The summed E-state index contributed by atoms with van der Waals surface area (Å²) >= 11 is 0. The Labute approximate surface area is 227 Å². The molecular weight excluding hydrogens is 452 g/mol. The van der Waals surface area contributed by atoms with E-state index in [1.54, 1.807) is 5.57 Å². The number of benzene rings is 1. The van der Waals surface area contributed by atoms with Crippen LogP contribution in [0.5, 0.6) is 0 Å². The van der Waals surface area contributed by atoms with Crippen LogP contribution in [0.15, 0.2) is 42.0 Å². The lowest BCUT2D eigenvalue weighted by atomic mass is 9.47. The van der Waals surface area contributed by atoms with E-state index in [2.05, 4.69) is 47.6 Å². The lowest BCUT2D eigenvalue weighted by Gasteiger charge is -2.58. The molecule has 0 bridgehead atoms. The number of esters is 1. The minimum Gasteiger partial charge on any atom is -0.458 e. The Kier molecular flexibility index (Phi) is 7.69. The molecule has 5 rings (SSSR count). The molecule has 1 aromatic rings. The summed E-state index contributed by atoms with van der Waals surface area (Å²) in [5.74, 6) is 5.80. The molecule has 7 unspecified atom stereocenters. The lowest BCUT2D eigenvalue weighted by Crippen LogP contribution is -2.51. The summed E-state index contributed by atoms with van der Waals surface area (Å²) in [6.07, 6.45) is 15.5. The Bertz CT molecular complexity index is 978. The normalized spacial score (nSPS) is 38.7. The average molecular weight is 505 g/mol. The summed E-state index contributed by atoms with van der Waals surface area (Å²) in [7, 11) is 0. The number of carbonyl (C=O) groups excluding carboxylic acids is 1. The van der Waals surface area contributed by atoms with Crippen LogP contribution in [-0.2, 0) is 4.74 Å². The molecule has 3 saturated carbocycles. The van der Waals surface area contributed by atoms with Gasteiger partial charge >= 0.3 is 5.97 Å². The van der Waals surface area contributed by atoms with Crippen LogP contribution in [0.4, 0.5) is 0 Å². The molecule has 0 aliphatic heterocycles. The minimum atomic E-state index is -0.161. The van der Waals surface area contributed by atoms with Gasteiger partial charge in [0, 0.05) is 6.42 Å². The molecule has 2 heteroatoms. The third-order valence-corrected chi connectivity index (χ3v) is 12.3. The smallest absolute Gasteiger partial charge is 0.338 e. The molecule has 0 amide bonds.